The topological polar surface area (TPSA) is 150 Å². The van der Waals surface area contributed by atoms with Crippen LogP contribution in [0.2, 0.25) is 0 Å². The van der Waals surface area contributed by atoms with E-state index in [0.717, 1.165) is 0 Å². The fraction of sp³-hybridized carbons (Fsp3) is 0.545. The van der Waals surface area contributed by atoms with Gasteiger partial charge in [0.1, 0.15) is 18.8 Å². The lowest BCUT2D eigenvalue weighted by Crippen LogP contribution is -2.36. The van der Waals surface area contributed by atoms with Crippen molar-refractivity contribution >= 4 is 24.2 Å². The summed E-state index contributed by atoms with van der Waals surface area (Å²) in [5, 5.41) is 0. The molecule has 1 rings (SSSR count). The zero-order chi connectivity index (χ0) is 25.0. The van der Waals surface area contributed by atoms with Gasteiger partial charge in [0.2, 0.25) is 0 Å². The van der Waals surface area contributed by atoms with E-state index in [-0.39, 0.29) is 43.7 Å². The van der Waals surface area contributed by atoms with Crippen molar-refractivity contribution in [1.29, 1.82) is 0 Å². The van der Waals surface area contributed by atoms with Crippen LogP contribution in [0, 0.1) is 5.92 Å². The van der Waals surface area contributed by atoms with E-state index in [1.54, 1.807) is 34.6 Å². The standard InChI is InChI=1S/C22H31NO10/c1-6-28-21(26)32-17-9-8-15(11-18(17)33-22(27)29-7-2)10-16(23)20(25)30-12-14(5)31-19(24)13(3)4/h8-9,11,13-14,16H,6-7,10,12,23H2,1-5H3/t14-,16-/m0/s1. The third-order valence-electron chi connectivity index (χ3n) is 3.93. The van der Waals surface area contributed by atoms with E-state index < -0.39 is 36.4 Å². The average Bonchev–Trinajstić information content (AvgIpc) is 2.74. The molecule has 1 aromatic carbocycles. The van der Waals surface area contributed by atoms with Crippen molar-refractivity contribution in [3.63, 3.8) is 0 Å². The Morgan fingerprint density at radius 3 is 1.97 bits per heavy atom. The predicted octanol–water partition coefficient (Wildman–Crippen LogP) is 2.76. The molecule has 0 saturated heterocycles. The molecule has 1 aromatic rings. The maximum absolute atomic E-state index is 12.2. The molecule has 0 aliphatic rings. The average molecular weight is 469 g/mol. The monoisotopic (exact) mass is 469 g/mol. The first-order valence-electron chi connectivity index (χ1n) is 10.5. The van der Waals surface area contributed by atoms with E-state index in [9.17, 15) is 19.2 Å². The molecule has 0 aromatic heterocycles. The molecule has 0 fully saturated rings. The Hall–Kier alpha value is -3.34. The highest BCUT2D eigenvalue weighted by molar-refractivity contribution is 5.76. The van der Waals surface area contributed by atoms with Gasteiger partial charge in [0.15, 0.2) is 11.5 Å². The SMILES string of the molecule is CCOC(=O)Oc1ccc(C[C@H](N)C(=O)OC[C@H](C)OC(=O)C(C)C)cc1OC(=O)OCC. The van der Waals surface area contributed by atoms with Crippen LogP contribution in [-0.2, 0) is 35.0 Å². The molecule has 0 saturated carbocycles. The number of carbonyl (C=O) groups is 4. The predicted molar refractivity (Wildman–Crippen MR) is 115 cm³/mol. The van der Waals surface area contributed by atoms with E-state index in [1.807, 2.05) is 0 Å². The highest BCUT2D eigenvalue weighted by atomic mass is 16.7. The number of hydrogen-bond donors (Lipinski definition) is 1. The summed E-state index contributed by atoms with van der Waals surface area (Å²) < 4.78 is 29.8. The molecular weight excluding hydrogens is 438 g/mol. The molecule has 0 aliphatic carbocycles. The number of benzene rings is 1. The number of rotatable bonds is 11. The number of ether oxygens (including phenoxy) is 6. The normalized spacial score (nSPS) is 12.3. The smallest absolute Gasteiger partial charge is 0.461 e. The lowest BCUT2D eigenvalue weighted by Gasteiger charge is -2.17. The lowest BCUT2D eigenvalue weighted by atomic mass is 10.1. The van der Waals surface area contributed by atoms with Crippen LogP contribution in [0.25, 0.3) is 0 Å². The van der Waals surface area contributed by atoms with Gasteiger partial charge in [-0.1, -0.05) is 19.9 Å². The molecule has 0 aliphatic heterocycles. The van der Waals surface area contributed by atoms with E-state index in [1.165, 1.54) is 18.2 Å². The van der Waals surface area contributed by atoms with E-state index >= 15 is 0 Å². The van der Waals surface area contributed by atoms with Crippen LogP contribution in [0.15, 0.2) is 18.2 Å². The molecule has 2 atom stereocenters. The van der Waals surface area contributed by atoms with Gasteiger partial charge in [0.25, 0.3) is 0 Å². The minimum Gasteiger partial charge on any atom is -0.461 e. The Kier molecular flexibility index (Phi) is 11.7. The molecule has 11 heteroatoms. The summed E-state index contributed by atoms with van der Waals surface area (Å²) in [6, 6.07) is 3.23. The van der Waals surface area contributed by atoms with Crippen LogP contribution in [0.1, 0.15) is 40.2 Å². The van der Waals surface area contributed by atoms with Gasteiger partial charge < -0.3 is 34.2 Å². The zero-order valence-corrected chi connectivity index (χ0v) is 19.5. The fourth-order valence-electron chi connectivity index (χ4n) is 2.33. The minimum absolute atomic E-state index is 0.0257. The van der Waals surface area contributed by atoms with Gasteiger partial charge in [-0.15, -0.1) is 0 Å². The number of hydrogen-bond acceptors (Lipinski definition) is 11. The second kappa shape index (κ2) is 13.9. The summed E-state index contributed by atoms with van der Waals surface area (Å²) in [6.45, 7) is 8.22. The van der Waals surface area contributed by atoms with Crippen LogP contribution >= 0.6 is 0 Å². The van der Waals surface area contributed by atoms with Crippen molar-refractivity contribution < 1.29 is 47.6 Å². The first-order valence-corrected chi connectivity index (χ1v) is 10.5. The number of carbonyl (C=O) groups excluding carboxylic acids is 4. The third-order valence-corrected chi connectivity index (χ3v) is 3.93. The maximum atomic E-state index is 12.2. The quantitative estimate of drug-likeness (QED) is 0.289. The molecule has 2 N–H and O–H groups in total. The van der Waals surface area contributed by atoms with Crippen molar-refractivity contribution in [2.75, 3.05) is 19.8 Å². The van der Waals surface area contributed by atoms with Gasteiger partial charge in [-0.25, -0.2) is 9.59 Å². The van der Waals surface area contributed by atoms with Gasteiger partial charge in [-0.3, -0.25) is 9.59 Å². The minimum atomic E-state index is -1.05. The van der Waals surface area contributed by atoms with Gasteiger partial charge in [0, 0.05) is 0 Å². The Labute approximate surface area is 192 Å². The molecule has 0 radical (unpaired) electrons. The molecule has 0 unspecified atom stereocenters. The summed E-state index contributed by atoms with van der Waals surface area (Å²) in [7, 11) is 0. The fourth-order valence-corrected chi connectivity index (χ4v) is 2.33. The molecule has 33 heavy (non-hydrogen) atoms. The summed E-state index contributed by atoms with van der Waals surface area (Å²) in [5.74, 6) is -1.60. The van der Waals surface area contributed by atoms with Crippen LogP contribution in [0.4, 0.5) is 9.59 Å². The Balaban J connectivity index is 2.81. The zero-order valence-electron chi connectivity index (χ0n) is 19.5. The third kappa shape index (κ3) is 10.2. The second-order valence-corrected chi connectivity index (χ2v) is 7.19. The largest absolute Gasteiger partial charge is 0.513 e. The highest BCUT2D eigenvalue weighted by Gasteiger charge is 2.21. The highest BCUT2D eigenvalue weighted by Crippen LogP contribution is 2.30. The summed E-state index contributed by atoms with van der Waals surface area (Å²) in [6.07, 6.45) is -2.58. The van der Waals surface area contributed by atoms with Gasteiger partial charge in [-0.05, 0) is 44.9 Å². The Morgan fingerprint density at radius 2 is 1.42 bits per heavy atom. The van der Waals surface area contributed by atoms with Crippen LogP contribution in [0.5, 0.6) is 11.5 Å². The summed E-state index contributed by atoms with van der Waals surface area (Å²) >= 11 is 0. The van der Waals surface area contributed by atoms with Crippen molar-refractivity contribution in [3.8, 4) is 11.5 Å². The van der Waals surface area contributed by atoms with Gasteiger partial charge in [0.05, 0.1) is 19.1 Å². The molecule has 0 spiro atoms. The van der Waals surface area contributed by atoms with Crippen molar-refractivity contribution in [3.05, 3.63) is 23.8 Å². The molecule has 0 amide bonds. The second-order valence-electron chi connectivity index (χ2n) is 7.19. The first-order chi connectivity index (χ1) is 15.6. The van der Waals surface area contributed by atoms with E-state index in [4.69, 9.17) is 34.2 Å². The van der Waals surface area contributed by atoms with Gasteiger partial charge >= 0.3 is 24.2 Å². The van der Waals surface area contributed by atoms with E-state index in [2.05, 4.69) is 0 Å². The molecule has 0 bridgehead atoms. The Bertz CT molecular complexity index is 823. The number of nitrogens with two attached hydrogens (primary N) is 1. The molecule has 0 heterocycles. The summed E-state index contributed by atoms with van der Waals surface area (Å²) in [5.41, 5.74) is 6.42. The van der Waals surface area contributed by atoms with Crippen LogP contribution in [-0.4, -0.2) is 56.2 Å². The maximum Gasteiger partial charge on any atom is 0.513 e. The van der Waals surface area contributed by atoms with Crippen molar-refractivity contribution in [2.45, 2.75) is 53.2 Å². The van der Waals surface area contributed by atoms with Crippen LogP contribution < -0.4 is 15.2 Å². The van der Waals surface area contributed by atoms with Crippen molar-refractivity contribution in [2.24, 2.45) is 11.7 Å². The van der Waals surface area contributed by atoms with Crippen LogP contribution in [0.3, 0.4) is 0 Å². The Morgan fingerprint density at radius 1 is 0.848 bits per heavy atom. The van der Waals surface area contributed by atoms with E-state index in [0.29, 0.717) is 5.56 Å². The lowest BCUT2D eigenvalue weighted by molar-refractivity contribution is -0.161. The molecule has 184 valence electrons. The van der Waals surface area contributed by atoms with Crippen molar-refractivity contribution in [1.82, 2.24) is 0 Å². The summed E-state index contributed by atoms with van der Waals surface area (Å²) in [4.78, 5) is 47.2. The molecule has 11 nitrogen and oxygen atoms in total. The number of esters is 2. The van der Waals surface area contributed by atoms with Gasteiger partial charge in [-0.2, -0.15) is 0 Å². The molecular formula is C22H31NO10. The first kappa shape index (κ1) is 27.7.